The van der Waals surface area contributed by atoms with Crippen molar-refractivity contribution in [3.63, 3.8) is 0 Å². The van der Waals surface area contributed by atoms with Crippen LogP contribution in [0.5, 0.6) is 11.5 Å². The fraction of sp³-hybridized carbons (Fsp3) is 0.529. The number of rotatable bonds is 5. The van der Waals surface area contributed by atoms with E-state index in [0.717, 1.165) is 61.5 Å². The number of hydrogen-bond donors (Lipinski definition) is 1. The molecular formula is C17H24N4O2. The maximum absolute atomic E-state index is 5.68. The standard InChI is InChI=1S/C17H24N4O2/c1-22-15-9-13-14(10-16(15)23-2)19-11-20-17(13)21-7-4-12(3-6-18)5-8-21/h9-12H,3-8,18H2,1-2H3. The molecule has 1 aromatic carbocycles. The summed E-state index contributed by atoms with van der Waals surface area (Å²) in [4.78, 5) is 11.2. The summed E-state index contributed by atoms with van der Waals surface area (Å²) in [5.74, 6) is 3.10. The second-order valence-corrected chi connectivity index (χ2v) is 5.93. The zero-order valence-corrected chi connectivity index (χ0v) is 13.8. The minimum atomic E-state index is 0.686. The number of nitrogens with zero attached hydrogens (tertiary/aromatic N) is 3. The van der Waals surface area contributed by atoms with Gasteiger partial charge in [0.05, 0.1) is 19.7 Å². The van der Waals surface area contributed by atoms with Crippen LogP contribution in [0.25, 0.3) is 10.9 Å². The van der Waals surface area contributed by atoms with Crippen molar-refractivity contribution >= 4 is 16.7 Å². The first-order chi connectivity index (χ1) is 11.3. The van der Waals surface area contributed by atoms with Gasteiger partial charge in [0.1, 0.15) is 12.1 Å². The lowest BCUT2D eigenvalue weighted by atomic mass is 9.93. The molecule has 0 radical (unpaired) electrons. The van der Waals surface area contributed by atoms with Crippen molar-refractivity contribution in [1.82, 2.24) is 9.97 Å². The van der Waals surface area contributed by atoms with Crippen molar-refractivity contribution in [2.45, 2.75) is 19.3 Å². The van der Waals surface area contributed by atoms with E-state index < -0.39 is 0 Å². The fourth-order valence-corrected chi connectivity index (χ4v) is 3.29. The maximum atomic E-state index is 5.68. The molecule has 1 fully saturated rings. The Hall–Kier alpha value is -2.08. The van der Waals surface area contributed by atoms with Gasteiger partial charge in [-0.3, -0.25) is 0 Å². The first-order valence-corrected chi connectivity index (χ1v) is 8.08. The van der Waals surface area contributed by atoms with Crippen molar-refractivity contribution in [2.75, 3.05) is 38.8 Å². The second-order valence-electron chi connectivity index (χ2n) is 5.93. The Kier molecular flexibility index (Phi) is 4.81. The Bertz CT molecular complexity index is 669. The van der Waals surface area contributed by atoms with Crippen molar-refractivity contribution in [3.8, 4) is 11.5 Å². The van der Waals surface area contributed by atoms with Gasteiger partial charge in [-0.05, 0) is 37.8 Å². The molecular weight excluding hydrogens is 292 g/mol. The molecule has 2 aromatic rings. The van der Waals surface area contributed by atoms with Crippen LogP contribution < -0.4 is 20.1 Å². The van der Waals surface area contributed by atoms with E-state index in [2.05, 4.69) is 14.9 Å². The van der Waals surface area contributed by atoms with Gasteiger partial charge < -0.3 is 20.1 Å². The zero-order chi connectivity index (χ0) is 16.2. The summed E-state index contributed by atoms with van der Waals surface area (Å²) in [6.45, 7) is 2.79. The van der Waals surface area contributed by atoms with Crippen molar-refractivity contribution in [2.24, 2.45) is 11.7 Å². The average Bonchev–Trinajstić information content (AvgIpc) is 2.61. The van der Waals surface area contributed by atoms with E-state index in [1.54, 1.807) is 20.5 Å². The van der Waals surface area contributed by atoms with E-state index in [0.29, 0.717) is 11.5 Å². The highest BCUT2D eigenvalue weighted by atomic mass is 16.5. The monoisotopic (exact) mass is 316 g/mol. The van der Waals surface area contributed by atoms with Gasteiger partial charge in [-0.2, -0.15) is 0 Å². The van der Waals surface area contributed by atoms with Gasteiger partial charge in [0, 0.05) is 24.5 Å². The predicted octanol–water partition coefficient (Wildman–Crippen LogP) is 2.21. The van der Waals surface area contributed by atoms with Gasteiger partial charge in [-0.15, -0.1) is 0 Å². The summed E-state index contributed by atoms with van der Waals surface area (Å²) in [5, 5.41) is 1.00. The molecule has 0 aliphatic carbocycles. The van der Waals surface area contributed by atoms with Gasteiger partial charge in [0.25, 0.3) is 0 Å². The van der Waals surface area contributed by atoms with E-state index in [9.17, 15) is 0 Å². The average molecular weight is 316 g/mol. The Balaban J connectivity index is 1.92. The number of anilines is 1. The molecule has 0 bridgehead atoms. The summed E-state index contributed by atoms with van der Waals surface area (Å²) >= 11 is 0. The van der Waals surface area contributed by atoms with Gasteiger partial charge >= 0.3 is 0 Å². The van der Waals surface area contributed by atoms with Crippen LogP contribution in [-0.2, 0) is 0 Å². The summed E-state index contributed by atoms with van der Waals surface area (Å²) < 4.78 is 10.8. The highest BCUT2D eigenvalue weighted by Gasteiger charge is 2.22. The number of fused-ring (bicyclic) bond motifs is 1. The lowest BCUT2D eigenvalue weighted by molar-refractivity contribution is 0.355. The first-order valence-electron chi connectivity index (χ1n) is 8.08. The molecule has 6 nitrogen and oxygen atoms in total. The van der Waals surface area contributed by atoms with Gasteiger partial charge in [0.15, 0.2) is 11.5 Å². The van der Waals surface area contributed by atoms with Gasteiger partial charge in [-0.1, -0.05) is 0 Å². The molecule has 1 aliphatic heterocycles. The highest BCUT2D eigenvalue weighted by molar-refractivity contribution is 5.92. The molecule has 0 atom stereocenters. The minimum Gasteiger partial charge on any atom is -0.493 e. The van der Waals surface area contributed by atoms with E-state index in [4.69, 9.17) is 15.2 Å². The van der Waals surface area contributed by atoms with Crippen LogP contribution in [0.1, 0.15) is 19.3 Å². The SMILES string of the molecule is COc1cc2ncnc(N3CCC(CCN)CC3)c2cc1OC. The van der Waals surface area contributed by atoms with Crippen LogP contribution in [0.3, 0.4) is 0 Å². The minimum absolute atomic E-state index is 0.686. The molecule has 2 N–H and O–H groups in total. The zero-order valence-electron chi connectivity index (χ0n) is 13.8. The van der Waals surface area contributed by atoms with Crippen LogP contribution in [0.2, 0.25) is 0 Å². The van der Waals surface area contributed by atoms with Crippen molar-refractivity contribution in [3.05, 3.63) is 18.5 Å². The molecule has 0 spiro atoms. The molecule has 3 rings (SSSR count). The van der Waals surface area contributed by atoms with Gasteiger partial charge in [-0.25, -0.2) is 9.97 Å². The normalized spacial score (nSPS) is 15.9. The lowest BCUT2D eigenvalue weighted by Gasteiger charge is -2.33. The number of aromatic nitrogens is 2. The molecule has 2 heterocycles. The van der Waals surface area contributed by atoms with Crippen LogP contribution >= 0.6 is 0 Å². The number of methoxy groups -OCH3 is 2. The summed E-state index contributed by atoms with van der Waals surface area (Å²) in [6.07, 6.45) is 5.06. The van der Waals surface area contributed by atoms with E-state index >= 15 is 0 Å². The van der Waals surface area contributed by atoms with Crippen LogP contribution in [0, 0.1) is 5.92 Å². The smallest absolute Gasteiger partial charge is 0.162 e. The lowest BCUT2D eigenvalue weighted by Crippen LogP contribution is -2.35. The van der Waals surface area contributed by atoms with Crippen LogP contribution in [0.4, 0.5) is 5.82 Å². The highest BCUT2D eigenvalue weighted by Crippen LogP contribution is 2.35. The molecule has 1 aliphatic rings. The molecule has 124 valence electrons. The molecule has 23 heavy (non-hydrogen) atoms. The second kappa shape index (κ2) is 7.00. The number of piperidine rings is 1. The maximum Gasteiger partial charge on any atom is 0.162 e. The first kappa shape index (κ1) is 15.8. The predicted molar refractivity (Wildman–Crippen MR) is 91.3 cm³/mol. The Morgan fingerprint density at radius 2 is 1.83 bits per heavy atom. The largest absolute Gasteiger partial charge is 0.493 e. The number of nitrogens with two attached hydrogens (primary N) is 1. The Morgan fingerprint density at radius 3 is 2.48 bits per heavy atom. The molecule has 0 unspecified atom stereocenters. The van der Waals surface area contributed by atoms with E-state index in [1.165, 1.54) is 0 Å². The fourth-order valence-electron chi connectivity index (χ4n) is 3.29. The quantitative estimate of drug-likeness (QED) is 0.912. The van der Waals surface area contributed by atoms with Crippen LogP contribution in [-0.4, -0.2) is 43.8 Å². The third-order valence-electron chi connectivity index (χ3n) is 4.61. The van der Waals surface area contributed by atoms with E-state index in [1.807, 2.05) is 12.1 Å². The van der Waals surface area contributed by atoms with Crippen molar-refractivity contribution < 1.29 is 9.47 Å². The molecule has 1 saturated heterocycles. The molecule has 0 amide bonds. The summed E-state index contributed by atoms with van der Waals surface area (Å²) in [6, 6.07) is 3.87. The summed E-state index contributed by atoms with van der Waals surface area (Å²) in [7, 11) is 3.28. The number of ether oxygens (including phenoxy) is 2. The summed E-state index contributed by atoms with van der Waals surface area (Å²) in [5.41, 5.74) is 6.55. The van der Waals surface area contributed by atoms with Crippen molar-refractivity contribution in [1.29, 1.82) is 0 Å². The number of hydrogen-bond acceptors (Lipinski definition) is 6. The van der Waals surface area contributed by atoms with Gasteiger partial charge in [0.2, 0.25) is 0 Å². The van der Waals surface area contributed by atoms with E-state index in [-0.39, 0.29) is 0 Å². The van der Waals surface area contributed by atoms with Crippen LogP contribution in [0.15, 0.2) is 18.5 Å². The topological polar surface area (TPSA) is 73.5 Å². The molecule has 6 heteroatoms. The number of benzene rings is 1. The third-order valence-corrected chi connectivity index (χ3v) is 4.61. The Labute approximate surface area is 136 Å². The molecule has 1 aromatic heterocycles. The molecule has 0 saturated carbocycles. The Morgan fingerprint density at radius 1 is 1.13 bits per heavy atom. The third kappa shape index (κ3) is 3.17.